The Morgan fingerprint density at radius 3 is 2.35 bits per heavy atom. The van der Waals surface area contributed by atoms with Gasteiger partial charge in [-0.05, 0) is 61.5 Å². The van der Waals surface area contributed by atoms with Crippen molar-refractivity contribution in [1.82, 2.24) is 15.1 Å². The second-order valence-electron chi connectivity index (χ2n) is 9.00. The molecule has 0 unspecified atom stereocenters. The second-order valence-corrected chi connectivity index (χ2v) is 9.00. The Kier molecular flexibility index (Phi) is 12.9. The summed E-state index contributed by atoms with van der Waals surface area (Å²) in [5.41, 5.74) is 3.00. The van der Waals surface area contributed by atoms with E-state index in [-0.39, 0.29) is 30.7 Å². The van der Waals surface area contributed by atoms with E-state index in [1.165, 1.54) is 12.1 Å². The summed E-state index contributed by atoms with van der Waals surface area (Å²) in [5.74, 6) is 0.961. The van der Waals surface area contributed by atoms with Crippen LogP contribution in [0.25, 0.3) is 0 Å². The van der Waals surface area contributed by atoms with E-state index in [2.05, 4.69) is 22.3 Å². The van der Waals surface area contributed by atoms with Crippen molar-refractivity contribution in [2.75, 3.05) is 47.4 Å². The minimum absolute atomic E-state index is 0. The van der Waals surface area contributed by atoms with E-state index in [1.807, 2.05) is 61.5 Å². The lowest BCUT2D eigenvalue weighted by atomic mass is 10.1. The largest absolute Gasteiger partial charge is 0.493 e. The van der Waals surface area contributed by atoms with E-state index >= 15 is 0 Å². The van der Waals surface area contributed by atoms with Gasteiger partial charge in [-0.1, -0.05) is 48.5 Å². The van der Waals surface area contributed by atoms with Crippen molar-refractivity contribution >= 4 is 18.3 Å². The molecule has 200 valence electrons. The van der Waals surface area contributed by atoms with Crippen LogP contribution >= 0.6 is 12.4 Å². The molecule has 0 aliphatic carbocycles. The van der Waals surface area contributed by atoms with Crippen LogP contribution in [-0.2, 0) is 24.4 Å². The minimum atomic E-state index is -0.287. The molecule has 3 aromatic carbocycles. The lowest BCUT2D eigenvalue weighted by Crippen LogP contribution is -2.40. The van der Waals surface area contributed by atoms with Crippen molar-refractivity contribution in [3.63, 3.8) is 0 Å². The van der Waals surface area contributed by atoms with Crippen LogP contribution in [0, 0.1) is 5.82 Å². The number of carbonyl (C=O) groups is 1. The molecule has 6 nitrogen and oxygen atoms in total. The molecule has 0 aliphatic heterocycles. The monoisotopic (exact) mass is 529 g/mol. The van der Waals surface area contributed by atoms with Gasteiger partial charge in [0.05, 0.1) is 13.7 Å². The smallest absolute Gasteiger partial charge is 0.234 e. The predicted octanol–water partition coefficient (Wildman–Crippen LogP) is 4.56. The molecule has 0 aliphatic rings. The molecule has 0 saturated heterocycles. The third kappa shape index (κ3) is 10.8. The zero-order valence-electron chi connectivity index (χ0n) is 21.8. The molecule has 1 N–H and O–H groups in total. The maximum atomic E-state index is 13.4. The molecule has 3 rings (SSSR count). The Morgan fingerprint density at radius 1 is 0.892 bits per heavy atom. The molecule has 37 heavy (non-hydrogen) atoms. The summed E-state index contributed by atoms with van der Waals surface area (Å²) < 4.78 is 24.9. The summed E-state index contributed by atoms with van der Waals surface area (Å²) in [6.07, 6.45) is 0.748. The lowest BCUT2D eigenvalue weighted by molar-refractivity contribution is -0.122. The van der Waals surface area contributed by atoms with Gasteiger partial charge in [0, 0.05) is 26.2 Å². The Balaban J connectivity index is 0.00000481. The number of ether oxygens (including phenoxy) is 2. The average Bonchev–Trinajstić information content (AvgIpc) is 2.86. The number of methoxy groups -OCH3 is 1. The van der Waals surface area contributed by atoms with E-state index in [1.54, 1.807) is 13.2 Å². The van der Waals surface area contributed by atoms with Gasteiger partial charge >= 0.3 is 0 Å². The Hall–Kier alpha value is -3.13. The minimum Gasteiger partial charge on any atom is -0.493 e. The van der Waals surface area contributed by atoms with Crippen LogP contribution in [0.4, 0.5) is 4.39 Å². The number of likely N-dealkylation sites (N-methyl/N-ethyl adjacent to an activating group) is 1. The number of nitrogens with one attached hydrogen (secondary N) is 1. The predicted molar refractivity (Wildman–Crippen MR) is 148 cm³/mol. The Bertz CT molecular complexity index is 1100. The first kappa shape index (κ1) is 30.1. The number of benzene rings is 3. The first-order valence-corrected chi connectivity index (χ1v) is 12.1. The number of halogens is 2. The molecule has 0 bridgehead atoms. The fraction of sp³-hybridized carbons (Fsp3) is 0.345. The molecule has 0 aromatic heterocycles. The van der Waals surface area contributed by atoms with Crippen LogP contribution in [0.15, 0.2) is 72.8 Å². The number of hydrogen-bond donors (Lipinski definition) is 1. The van der Waals surface area contributed by atoms with Crippen molar-refractivity contribution in [2.45, 2.75) is 19.6 Å². The molecular formula is C29H37ClFN3O3. The van der Waals surface area contributed by atoms with Gasteiger partial charge in [-0.3, -0.25) is 9.69 Å². The summed E-state index contributed by atoms with van der Waals surface area (Å²) in [6.45, 7) is 3.41. The van der Waals surface area contributed by atoms with E-state index < -0.39 is 0 Å². The van der Waals surface area contributed by atoms with E-state index in [0.717, 1.165) is 29.7 Å². The van der Waals surface area contributed by atoms with Crippen LogP contribution in [0.1, 0.15) is 16.7 Å². The van der Waals surface area contributed by atoms with Crippen molar-refractivity contribution in [1.29, 1.82) is 0 Å². The topological polar surface area (TPSA) is 54.0 Å². The quantitative estimate of drug-likeness (QED) is 0.332. The van der Waals surface area contributed by atoms with Gasteiger partial charge in [0.25, 0.3) is 0 Å². The molecular weight excluding hydrogens is 493 g/mol. The molecule has 0 heterocycles. The lowest BCUT2D eigenvalue weighted by Gasteiger charge is -2.22. The Morgan fingerprint density at radius 2 is 1.65 bits per heavy atom. The summed E-state index contributed by atoms with van der Waals surface area (Å²) in [4.78, 5) is 16.8. The van der Waals surface area contributed by atoms with Crippen molar-refractivity contribution in [3.8, 4) is 11.5 Å². The third-order valence-corrected chi connectivity index (χ3v) is 5.73. The highest BCUT2D eigenvalue weighted by Crippen LogP contribution is 2.29. The van der Waals surface area contributed by atoms with Gasteiger partial charge in [0.1, 0.15) is 12.4 Å². The molecule has 0 spiro atoms. The van der Waals surface area contributed by atoms with Crippen LogP contribution in [-0.4, -0.2) is 63.1 Å². The number of rotatable bonds is 14. The first-order chi connectivity index (χ1) is 17.4. The van der Waals surface area contributed by atoms with Crippen LogP contribution in [0.5, 0.6) is 11.5 Å². The van der Waals surface area contributed by atoms with Crippen LogP contribution in [0.2, 0.25) is 0 Å². The van der Waals surface area contributed by atoms with E-state index in [4.69, 9.17) is 9.47 Å². The van der Waals surface area contributed by atoms with Crippen LogP contribution in [0.3, 0.4) is 0 Å². The van der Waals surface area contributed by atoms with E-state index in [9.17, 15) is 9.18 Å². The SMILES string of the molecule is COc1cc(CCN(CC(=O)NCCN(C)C)Cc2ccccc2)ccc1OCc1cccc(F)c1.Cl. The molecule has 0 saturated carbocycles. The molecule has 3 aromatic rings. The summed E-state index contributed by atoms with van der Waals surface area (Å²) in [5, 5.41) is 3.00. The number of nitrogens with zero attached hydrogens (tertiary/aromatic N) is 2. The summed E-state index contributed by atoms with van der Waals surface area (Å²) >= 11 is 0. The average molecular weight is 530 g/mol. The molecule has 8 heteroatoms. The maximum Gasteiger partial charge on any atom is 0.234 e. The Labute approximate surface area is 225 Å². The van der Waals surface area contributed by atoms with Gasteiger partial charge in [0.2, 0.25) is 5.91 Å². The number of hydrogen-bond acceptors (Lipinski definition) is 5. The molecule has 0 atom stereocenters. The first-order valence-electron chi connectivity index (χ1n) is 12.1. The van der Waals surface area contributed by atoms with Gasteiger partial charge in [-0.15, -0.1) is 12.4 Å². The van der Waals surface area contributed by atoms with Crippen molar-refractivity contribution in [3.05, 3.63) is 95.3 Å². The van der Waals surface area contributed by atoms with Gasteiger partial charge in [-0.2, -0.15) is 0 Å². The van der Waals surface area contributed by atoms with E-state index in [0.29, 0.717) is 37.7 Å². The van der Waals surface area contributed by atoms with Crippen LogP contribution < -0.4 is 14.8 Å². The van der Waals surface area contributed by atoms with Gasteiger partial charge in [-0.25, -0.2) is 4.39 Å². The highest BCUT2D eigenvalue weighted by Gasteiger charge is 2.13. The highest BCUT2D eigenvalue weighted by atomic mass is 35.5. The zero-order chi connectivity index (χ0) is 25.8. The number of amides is 1. The summed E-state index contributed by atoms with van der Waals surface area (Å²) in [6, 6.07) is 22.4. The third-order valence-electron chi connectivity index (χ3n) is 5.73. The van der Waals surface area contributed by atoms with Gasteiger partial charge in [0.15, 0.2) is 11.5 Å². The number of carbonyl (C=O) groups excluding carboxylic acids is 1. The molecule has 1 amide bonds. The zero-order valence-corrected chi connectivity index (χ0v) is 22.6. The molecule has 0 fully saturated rings. The fourth-order valence-corrected chi connectivity index (χ4v) is 3.80. The maximum absolute atomic E-state index is 13.4. The van der Waals surface area contributed by atoms with Crippen molar-refractivity contribution < 1.29 is 18.7 Å². The standard InChI is InChI=1S/C29H36FN3O3.ClH/c1-32(2)17-15-31-29(34)21-33(20-24-8-5-4-6-9-24)16-14-23-12-13-27(28(19-23)35-3)36-22-25-10-7-11-26(30)18-25;/h4-13,18-19H,14-17,20-22H2,1-3H3,(H,31,34);1H. The summed E-state index contributed by atoms with van der Waals surface area (Å²) in [7, 11) is 5.58. The molecule has 0 radical (unpaired) electrons. The van der Waals surface area contributed by atoms with Crippen molar-refractivity contribution in [2.24, 2.45) is 0 Å². The highest BCUT2D eigenvalue weighted by molar-refractivity contribution is 5.85. The normalized spacial score (nSPS) is 10.8. The second kappa shape index (κ2) is 15.9. The van der Waals surface area contributed by atoms with Gasteiger partial charge < -0.3 is 19.7 Å². The fourth-order valence-electron chi connectivity index (χ4n) is 3.80.